The van der Waals surface area contributed by atoms with E-state index in [1.807, 2.05) is 0 Å². The van der Waals surface area contributed by atoms with Crippen molar-refractivity contribution in [2.45, 2.75) is 25.8 Å². The number of carbonyl (C=O) groups excluding carboxylic acids is 2. The standard InChI is InChI=1S/C19H17ClFN5O2S/c20-17-7-6-16(29-17)19(28)22-10-12-11-26(24-23-12)13-4-5-15(14(21)9-13)25-8-2-1-3-18(25)27/h4-7,9,11H,1-3,8,10H2,(H,22,28). The zero-order valence-corrected chi connectivity index (χ0v) is 16.8. The van der Waals surface area contributed by atoms with Crippen molar-refractivity contribution in [1.82, 2.24) is 20.3 Å². The van der Waals surface area contributed by atoms with Crippen LogP contribution >= 0.6 is 22.9 Å². The minimum absolute atomic E-state index is 0.0614. The van der Waals surface area contributed by atoms with Gasteiger partial charge in [0.2, 0.25) is 5.91 Å². The van der Waals surface area contributed by atoms with Gasteiger partial charge in [0, 0.05) is 19.0 Å². The molecule has 1 N–H and O–H groups in total. The molecule has 1 fully saturated rings. The van der Waals surface area contributed by atoms with Crippen molar-refractivity contribution in [1.29, 1.82) is 0 Å². The highest BCUT2D eigenvalue weighted by Gasteiger charge is 2.22. The molecule has 0 radical (unpaired) electrons. The number of anilines is 1. The van der Waals surface area contributed by atoms with Gasteiger partial charge in [0.15, 0.2) is 0 Å². The summed E-state index contributed by atoms with van der Waals surface area (Å²) in [5, 5.41) is 10.7. The topological polar surface area (TPSA) is 80.1 Å². The lowest BCUT2D eigenvalue weighted by Crippen LogP contribution is -2.35. The first-order valence-electron chi connectivity index (χ1n) is 9.06. The van der Waals surface area contributed by atoms with Gasteiger partial charge >= 0.3 is 0 Å². The van der Waals surface area contributed by atoms with Crippen LogP contribution in [0.25, 0.3) is 5.69 Å². The van der Waals surface area contributed by atoms with Gasteiger partial charge < -0.3 is 10.2 Å². The molecule has 1 aliphatic rings. The zero-order valence-electron chi connectivity index (χ0n) is 15.3. The largest absolute Gasteiger partial charge is 0.346 e. The van der Waals surface area contributed by atoms with E-state index in [0.29, 0.717) is 33.6 Å². The predicted octanol–water partition coefficient (Wildman–Crippen LogP) is 3.57. The number of hydrogen-bond acceptors (Lipinski definition) is 5. The second kappa shape index (κ2) is 8.30. The minimum Gasteiger partial charge on any atom is -0.346 e. The van der Waals surface area contributed by atoms with Gasteiger partial charge in [-0.15, -0.1) is 16.4 Å². The predicted molar refractivity (Wildman–Crippen MR) is 108 cm³/mol. The quantitative estimate of drug-likeness (QED) is 0.667. The Balaban J connectivity index is 1.44. The SMILES string of the molecule is O=C(NCc1cn(-c2ccc(N3CCCCC3=O)c(F)c2)nn1)c1ccc(Cl)s1. The van der Waals surface area contributed by atoms with Crippen LogP contribution in [0.4, 0.5) is 10.1 Å². The molecule has 1 aromatic carbocycles. The molecule has 1 saturated heterocycles. The molecule has 2 amide bonds. The van der Waals surface area contributed by atoms with E-state index < -0.39 is 5.82 Å². The molecular weight excluding hydrogens is 417 g/mol. The molecule has 4 rings (SSSR count). The van der Waals surface area contributed by atoms with Gasteiger partial charge in [0.05, 0.1) is 33.3 Å². The molecule has 1 aliphatic heterocycles. The van der Waals surface area contributed by atoms with E-state index in [4.69, 9.17) is 11.6 Å². The number of amides is 2. The van der Waals surface area contributed by atoms with Crippen molar-refractivity contribution in [2.75, 3.05) is 11.4 Å². The molecule has 0 spiro atoms. The second-order valence-corrected chi connectivity index (χ2v) is 8.29. The molecule has 29 heavy (non-hydrogen) atoms. The summed E-state index contributed by atoms with van der Waals surface area (Å²) in [5.41, 5.74) is 1.28. The summed E-state index contributed by atoms with van der Waals surface area (Å²) in [7, 11) is 0. The molecule has 3 aromatic rings. The lowest BCUT2D eigenvalue weighted by atomic mass is 10.1. The van der Waals surface area contributed by atoms with Crippen molar-refractivity contribution in [3.05, 3.63) is 57.3 Å². The fourth-order valence-electron chi connectivity index (χ4n) is 3.12. The molecule has 0 saturated carbocycles. The summed E-state index contributed by atoms with van der Waals surface area (Å²) in [6.07, 6.45) is 3.76. The zero-order chi connectivity index (χ0) is 20.4. The van der Waals surface area contributed by atoms with Crippen molar-refractivity contribution >= 4 is 40.4 Å². The third-order valence-corrected chi connectivity index (χ3v) is 5.81. The van der Waals surface area contributed by atoms with Crippen molar-refractivity contribution in [3.8, 4) is 5.69 Å². The number of rotatable bonds is 5. The first-order chi connectivity index (χ1) is 14.0. The monoisotopic (exact) mass is 433 g/mol. The number of thiophene rings is 1. The molecule has 0 atom stereocenters. The van der Waals surface area contributed by atoms with Gasteiger partial charge in [-0.2, -0.15) is 0 Å². The van der Waals surface area contributed by atoms with E-state index in [0.717, 1.165) is 12.8 Å². The maximum absolute atomic E-state index is 14.6. The average Bonchev–Trinajstić information content (AvgIpc) is 3.36. The normalized spacial score (nSPS) is 14.3. The van der Waals surface area contributed by atoms with E-state index >= 15 is 0 Å². The van der Waals surface area contributed by atoms with Gasteiger partial charge in [-0.25, -0.2) is 9.07 Å². The van der Waals surface area contributed by atoms with Crippen LogP contribution in [-0.4, -0.2) is 33.4 Å². The maximum Gasteiger partial charge on any atom is 0.261 e. The first kappa shape index (κ1) is 19.5. The Morgan fingerprint density at radius 3 is 2.86 bits per heavy atom. The molecule has 10 heteroatoms. The summed E-state index contributed by atoms with van der Waals surface area (Å²) in [6, 6.07) is 7.90. The second-order valence-electron chi connectivity index (χ2n) is 6.58. The molecular formula is C19H17ClFN5O2S. The Labute approximate surface area is 175 Å². The molecule has 0 aliphatic carbocycles. The Morgan fingerprint density at radius 2 is 2.14 bits per heavy atom. The van der Waals surface area contributed by atoms with Crippen LogP contribution in [0, 0.1) is 5.82 Å². The van der Waals surface area contributed by atoms with Gasteiger partial charge in [-0.3, -0.25) is 9.59 Å². The van der Waals surface area contributed by atoms with Crippen LogP contribution in [0.5, 0.6) is 0 Å². The molecule has 7 nitrogen and oxygen atoms in total. The van der Waals surface area contributed by atoms with E-state index in [9.17, 15) is 14.0 Å². The fourth-order valence-corrected chi connectivity index (χ4v) is 4.08. The highest BCUT2D eigenvalue weighted by atomic mass is 35.5. The van der Waals surface area contributed by atoms with Gasteiger partial charge in [0.25, 0.3) is 5.91 Å². The molecule has 0 bridgehead atoms. The summed E-state index contributed by atoms with van der Waals surface area (Å²) in [6.45, 7) is 0.703. The first-order valence-corrected chi connectivity index (χ1v) is 10.3. The number of hydrogen-bond donors (Lipinski definition) is 1. The van der Waals surface area contributed by atoms with Crippen molar-refractivity contribution in [2.24, 2.45) is 0 Å². The highest BCUT2D eigenvalue weighted by Crippen LogP contribution is 2.26. The van der Waals surface area contributed by atoms with Crippen LogP contribution in [0.1, 0.15) is 34.6 Å². The number of nitrogens with zero attached hydrogens (tertiary/aromatic N) is 4. The maximum atomic E-state index is 14.6. The van der Waals surface area contributed by atoms with Crippen molar-refractivity contribution < 1.29 is 14.0 Å². The third kappa shape index (κ3) is 4.30. The highest BCUT2D eigenvalue weighted by molar-refractivity contribution is 7.17. The Hall–Kier alpha value is -2.78. The number of carbonyl (C=O) groups is 2. The molecule has 0 unspecified atom stereocenters. The van der Waals surface area contributed by atoms with Crippen LogP contribution in [-0.2, 0) is 11.3 Å². The minimum atomic E-state index is -0.488. The number of piperidine rings is 1. The lowest BCUT2D eigenvalue weighted by Gasteiger charge is -2.27. The Bertz CT molecular complexity index is 1070. The number of aromatic nitrogens is 3. The van der Waals surface area contributed by atoms with Gasteiger partial charge in [-0.1, -0.05) is 16.8 Å². The number of benzene rings is 1. The molecule has 3 heterocycles. The van der Waals surface area contributed by atoms with E-state index in [1.165, 1.54) is 27.0 Å². The molecule has 2 aromatic heterocycles. The van der Waals surface area contributed by atoms with Crippen LogP contribution in [0.2, 0.25) is 4.34 Å². The van der Waals surface area contributed by atoms with E-state index in [-0.39, 0.29) is 24.0 Å². The third-order valence-electron chi connectivity index (χ3n) is 4.58. The van der Waals surface area contributed by atoms with Crippen LogP contribution in [0.3, 0.4) is 0 Å². The smallest absolute Gasteiger partial charge is 0.261 e. The van der Waals surface area contributed by atoms with Gasteiger partial charge in [-0.05, 0) is 37.1 Å². The fraction of sp³-hybridized carbons (Fsp3) is 0.263. The van der Waals surface area contributed by atoms with Crippen LogP contribution in [0.15, 0.2) is 36.5 Å². The van der Waals surface area contributed by atoms with E-state index in [1.54, 1.807) is 30.5 Å². The number of halogens is 2. The summed E-state index contributed by atoms with van der Waals surface area (Å²) >= 11 is 7.03. The lowest BCUT2D eigenvalue weighted by molar-refractivity contribution is -0.119. The summed E-state index contributed by atoms with van der Waals surface area (Å²) < 4.78 is 16.6. The molecule has 150 valence electrons. The summed E-state index contributed by atoms with van der Waals surface area (Å²) in [4.78, 5) is 26.1. The summed E-state index contributed by atoms with van der Waals surface area (Å²) in [5.74, 6) is -0.801. The van der Waals surface area contributed by atoms with Crippen molar-refractivity contribution in [3.63, 3.8) is 0 Å². The number of nitrogens with one attached hydrogen (secondary N) is 1. The van der Waals surface area contributed by atoms with Crippen LogP contribution < -0.4 is 10.2 Å². The average molecular weight is 434 g/mol. The Morgan fingerprint density at radius 1 is 1.28 bits per heavy atom. The van der Waals surface area contributed by atoms with E-state index in [2.05, 4.69) is 15.6 Å². The Kier molecular flexibility index (Phi) is 5.59. The van der Waals surface area contributed by atoms with Gasteiger partial charge in [0.1, 0.15) is 11.5 Å².